The van der Waals surface area contributed by atoms with E-state index in [4.69, 9.17) is 0 Å². The minimum absolute atomic E-state index is 0.0474. The average molecular weight is 354 g/mol. The topological polar surface area (TPSA) is 84.3 Å². The molecule has 0 unspecified atom stereocenters. The zero-order valence-corrected chi connectivity index (χ0v) is 15.2. The quantitative estimate of drug-likeness (QED) is 0.854. The second kappa shape index (κ2) is 6.48. The van der Waals surface area contributed by atoms with Gasteiger partial charge >= 0.3 is 0 Å². The molecule has 3 heterocycles. The number of hydrogen-bond acceptors (Lipinski definition) is 4. The van der Waals surface area contributed by atoms with Gasteiger partial charge in [-0.25, -0.2) is 12.7 Å². The van der Waals surface area contributed by atoms with Crippen molar-refractivity contribution in [1.82, 2.24) is 19.4 Å². The third-order valence-corrected chi connectivity index (χ3v) is 7.29. The van der Waals surface area contributed by atoms with Crippen LogP contribution in [0.15, 0.2) is 12.4 Å². The number of hydrogen-bond donors (Lipinski definition) is 1. The average Bonchev–Trinajstić information content (AvgIpc) is 3.09. The van der Waals surface area contributed by atoms with E-state index in [2.05, 4.69) is 10.4 Å². The van der Waals surface area contributed by atoms with Crippen molar-refractivity contribution in [2.75, 3.05) is 18.8 Å². The number of sulfonamides is 1. The van der Waals surface area contributed by atoms with Gasteiger partial charge in [-0.15, -0.1) is 0 Å². The van der Waals surface area contributed by atoms with Crippen LogP contribution >= 0.6 is 0 Å². The van der Waals surface area contributed by atoms with Crippen LogP contribution in [0, 0.1) is 0 Å². The molecule has 1 atom stereocenters. The molecule has 134 valence electrons. The predicted molar refractivity (Wildman–Crippen MR) is 90.9 cm³/mol. The van der Waals surface area contributed by atoms with Crippen molar-refractivity contribution in [3.8, 4) is 0 Å². The van der Waals surface area contributed by atoms with E-state index in [0.717, 1.165) is 12.0 Å². The van der Waals surface area contributed by atoms with Crippen LogP contribution in [0.1, 0.15) is 50.5 Å². The summed E-state index contributed by atoms with van der Waals surface area (Å²) in [7, 11) is -1.31. The van der Waals surface area contributed by atoms with Crippen molar-refractivity contribution in [1.29, 1.82) is 0 Å². The Morgan fingerprint density at radius 3 is 2.67 bits per heavy atom. The summed E-state index contributed by atoms with van der Waals surface area (Å²) in [6, 6.07) is 0. The second-order valence-electron chi connectivity index (χ2n) is 6.98. The molecule has 0 bridgehead atoms. The first-order valence-electron chi connectivity index (χ1n) is 8.64. The molecule has 1 amide bonds. The number of carbonyl (C=O) groups is 1. The van der Waals surface area contributed by atoms with Gasteiger partial charge in [0.25, 0.3) is 0 Å². The van der Waals surface area contributed by atoms with Gasteiger partial charge in [0.1, 0.15) is 0 Å². The maximum atomic E-state index is 12.4. The fraction of sp³-hybridized carbons (Fsp3) is 0.750. The lowest BCUT2D eigenvalue weighted by Crippen LogP contribution is -2.54. The monoisotopic (exact) mass is 354 g/mol. The highest BCUT2D eigenvalue weighted by Gasteiger charge is 2.50. The highest BCUT2D eigenvalue weighted by atomic mass is 32.2. The molecule has 2 saturated heterocycles. The highest BCUT2D eigenvalue weighted by molar-refractivity contribution is 7.89. The number of amides is 1. The molecular weight excluding hydrogens is 328 g/mol. The molecule has 3 rings (SSSR count). The van der Waals surface area contributed by atoms with Gasteiger partial charge in [0.2, 0.25) is 15.9 Å². The molecule has 8 heteroatoms. The SMILES string of the molecule is CCCCS(=O)(=O)N1CCC2(CC1)NC(=O)C[C@@H]2c1cnn(C)c1. The third kappa shape index (κ3) is 3.21. The van der Waals surface area contributed by atoms with E-state index in [1.807, 2.05) is 26.4 Å². The molecule has 1 aromatic heterocycles. The second-order valence-corrected chi connectivity index (χ2v) is 9.07. The lowest BCUT2D eigenvalue weighted by atomic mass is 9.75. The maximum Gasteiger partial charge on any atom is 0.221 e. The number of nitrogens with zero attached hydrogens (tertiary/aromatic N) is 3. The Morgan fingerprint density at radius 2 is 2.08 bits per heavy atom. The maximum absolute atomic E-state index is 12.4. The molecule has 0 radical (unpaired) electrons. The van der Waals surface area contributed by atoms with Gasteiger partial charge in [0.05, 0.1) is 11.9 Å². The Balaban J connectivity index is 1.74. The molecule has 7 nitrogen and oxygen atoms in total. The fourth-order valence-electron chi connectivity index (χ4n) is 3.95. The standard InChI is InChI=1S/C16H26N4O3S/c1-3-4-9-24(22,23)20-7-5-16(6-8-20)14(10-15(21)18-16)13-11-17-19(2)12-13/h11-12,14H,3-10H2,1-2H3,(H,18,21)/t14-/m1/s1. The van der Waals surface area contributed by atoms with E-state index in [9.17, 15) is 13.2 Å². The summed E-state index contributed by atoms with van der Waals surface area (Å²) in [4.78, 5) is 12.1. The number of aromatic nitrogens is 2. The smallest absolute Gasteiger partial charge is 0.221 e. The third-order valence-electron chi connectivity index (χ3n) is 5.34. The summed E-state index contributed by atoms with van der Waals surface area (Å²) in [6.07, 6.45) is 7.10. The van der Waals surface area contributed by atoms with Crippen LogP contribution in [0.3, 0.4) is 0 Å². The van der Waals surface area contributed by atoms with Crippen molar-refractivity contribution >= 4 is 15.9 Å². The molecule has 0 saturated carbocycles. The predicted octanol–water partition coefficient (Wildman–Crippen LogP) is 0.988. The molecule has 1 spiro atoms. The van der Waals surface area contributed by atoms with Crippen LogP contribution in [-0.2, 0) is 21.9 Å². The van der Waals surface area contributed by atoms with Crippen molar-refractivity contribution in [2.45, 2.75) is 50.5 Å². The van der Waals surface area contributed by atoms with Crippen LogP contribution in [-0.4, -0.2) is 52.8 Å². The molecule has 1 N–H and O–H groups in total. The molecule has 0 aromatic carbocycles. The minimum Gasteiger partial charge on any atom is -0.350 e. The lowest BCUT2D eigenvalue weighted by Gasteiger charge is -2.42. The fourth-order valence-corrected chi connectivity index (χ4v) is 5.60. The lowest BCUT2D eigenvalue weighted by molar-refractivity contribution is -0.120. The first kappa shape index (κ1) is 17.4. The number of nitrogens with one attached hydrogen (secondary N) is 1. The molecule has 2 aliphatic rings. The largest absolute Gasteiger partial charge is 0.350 e. The molecule has 1 aromatic rings. The van der Waals surface area contributed by atoms with Crippen molar-refractivity contribution in [3.63, 3.8) is 0 Å². The van der Waals surface area contributed by atoms with Gasteiger partial charge in [-0.05, 0) is 24.8 Å². The summed E-state index contributed by atoms with van der Waals surface area (Å²) in [5.41, 5.74) is 0.717. The number of aryl methyl sites for hydroxylation is 1. The van der Waals surface area contributed by atoms with Crippen LogP contribution in [0.4, 0.5) is 0 Å². The first-order chi connectivity index (χ1) is 11.4. The van der Waals surface area contributed by atoms with E-state index in [1.165, 1.54) is 0 Å². The Bertz CT molecular complexity index is 705. The van der Waals surface area contributed by atoms with E-state index >= 15 is 0 Å². The normalized spacial score (nSPS) is 24.4. The summed E-state index contributed by atoms with van der Waals surface area (Å²) in [5.74, 6) is 0.333. The van der Waals surface area contributed by atoms with Crippen LogP contribution in [0.2, 0.25) is 0 Å². The number of rotatable bonds is 5. The summed E-state index contributed by atoms with van der Waals surface area (Å²) < 4.78 is 28.1. The first-order valence-corrected chi connectivity index (χ1v) is 10.2. The van der Waals surface area contributed by atoms with Crippen molar-refractivity contribution < 1.29 is 13.2 Å². The van der Waals surface area contributed by atoms with Crippen LogP contribution in [0.5, 0.6) is 0 Å². The Morgan fingerprint density at radius 1 is 1.38 bits per heavy atom. The number of unbranched alkanes of at least 4 members (excludes halogenated alkanes) is 1. The van der Waals surface area contributed by atoms with E-state index < -0.39 is 10.0 Å². The molecule has 24 heavy (non-hydrogen) atoms. The molecular formula is C16H26N4O3S. The van der Waals surface area contributed by atoms with Gasteiger partial charge in [0, 0.05) is 44.2 Å². The number of carbonyl (C=O) groups excluding carboxylic acids is 1. The van der Waals surface area contributed by atoms with E-state index in [0.29, 0.717) is 38.8 Å². The van der Waals surface area contributed by atoms with E-state index in [-0.39, 0.29) is 23.1 Å². The summed E-state index contributed by atoms with van der Waals surface area (Å²) in [6.45, 7) is 2.94. The minimum atomic E-state index is -3.18. The summed E-state index contributed by atoms with van der Waals surface area (Å²) in [5, 5.41) is 7.37. The van der Waals surface area contributed by atoms with Gasteiger partial charge in [0.15, 0.2) is 0 Å². The van der Waals surface area contributed by atoms with Crippen molar-refractivity contribution in [2.24, 2.45) is 7.05 Å². The molecule has 0 aliphatic carbocycles. The van der Waals surface area contributed by atoms with Gasteiger partial charge in [-0.2, -0.15) is 5.10 Å². The van der Waals surface area contributed by atoms with Crippen LogP contribution < -0.4 is 5.32 Å². The van der Waals surface area contributed by atoms with Crippen molar-refractivity contribution in [3.05, 3.63) is 18.0 Å². The van der Waals surface area contributed by atoms with Gasteiger partial charge in [-0.1, -0.05) is 13.3 Å². The van der Waals surface area contributed by atoms with Gasteiger partial charge in [-0.3, -0.25) is 9.48 Å². The van der Waals surface area contributed by atoms with Gasteiger partial charge < -0.3 is 5.32 Å². The Labute approximate surface area is 143 Å². The molecule has 2 aliphatic heterocycles. The highest BCUT2D eigenvalue weighted by Crippen LogP contribution is 2.43. The van der Waals surface area contributed by atoms with E-state index in [1.54, 1.807) is 8.99 Å². The summed E-state index contributed by atoms with van der Waals surface area (Å²) >= 11 is 0. The Kier molecular flexibility index (Phi) is 4.70. The number of piperidine rings is 1. The zero-order chi connectivity index (χ0) is 17.4. The molecule has 2 fully saturated rings. The Hall–Kier alpha value is -1.41. The zero-order valence-electron chi connectivity index (χ0n) is 14.4. The van der Waals surface area contributed by atoms with Crippen LogP contribution in [0.25, 0.3) is 0 Å².